The molecule has 0 bridgehead atoms. The Hall–Kier alpha value is -3.36. The van der Waals surface area contributed by atoms with E-state index in [9.17, 15) is 9.59 Å². The minimum absolute atomic E-state index is 0.213. The first kappa shape index (κ1) is 18.0. The number of amides is 1. The molecular formula is C19H21N5O4. The standard InChI is InChI=1S/C19H21N5O4/c1-27-12-7-8-16(28-2)15(9-12)21-17(25)10-23-19(26)18-13-5-3-4-6-14(13)22-24(18)11-20-23/h7-9,11H,3-6,10H2,1-2H3,(H,21,25). The van der Waals surface area contributed by atoms with Crippen molar-refractivity contribution in [2.45, 2.75) is 32.2 Å². The van der Waals surface area contributed by atoms with Crippen LogP contribution in [-0.2, 0) is 24.2 Å². The van der Waals surface area contributed by atoms with Gasteiger partial charge in [-0.3, -0.25) is 9.59 Å². The van der Waals surface area contributed by atoms with Gasteiger partial charge in [0, 0.05) is 11.6 Å². The van der Waals surface area contributed by atoms with Crippen LogP contribution >= 0.6 is 0 Å². The van der Waals surface area contributed by atoms with Gasteiger partial charge in [0.1, 0.15) is 29.9 Å². The maximum absolute atomic E-state index is 12.9. The van der Waals surface area contributed by atoms with Gasteiger partial charge in [-0.1, -0.05) is 0 Å². The minimum Gasteiger partial charge on any atom is -0.497 e. The van der Waals surface area contributed by atoms with E-state index in [-0.39, 0.29) is 18.0 Å². The summed E-state index contributed by atoms with van der Waals surface area (Å²) >= 11 is 0. The smallest absolute Gasteiger partial charge is 0.293 e. The second kappa shape index (κ2) is 7.34. The lowest BCUT2D eigenvalue weighted by molar-refractivity contribution is -0.117. The number of nitrogens with one attached hydrogen (secondary N) is 1. The highest BCUT2D eigenvalue weighted by atomic mass is 16.5. The number of anilines is 1. The van der Waals surface area contributed by atoms with Gasteiger partial charge < -0.3 is 14.8 Å². The molecule has 0 radical (unpaired) electrons. The second-order valence-corrected chi connectivity index (χ2v) is 6.63. The molecule has 0 unspecified atom stereocenters. The van der Waals surface area contributed by atoms with Crippen molar-refractivity contribution in [1.29, 1.82) is 0 Å². The zero-order valence-corrected chi connectivity index (χ0v) is 15.8. The van der Waals surface area contributed by atoms with Gasteiger partial charge in [-0.25, -0.2) is 9.20 Å². The number of rotatable bonds is 5. The number of hydrogen-bond donors (Lipinski definition) is 1. The van der Waals surface area contributed by atoms with E-state index >= 15 is 0 Å². The fourth-order valence-electron chi connectivity index (χ4n) is 3.52. The van der Waals surface area contributed by atoms with E-state index in [2.05, 4.69) is 15.5 Å². The van der Waals surface area contributed by atoms with Crippen molar-refractivity contribution >= 4 is 17.1 Å². The van der Waals surface area contributed by atoms with Crippen LogP contribution in [0.4, 0.5) is 5.69 Å². The quantitative estimate of drug-likeness (QED) is 0.715. The number of benzene rings is 1. The first-order valence-corrected chi connectivity index (χ1v) is 9.09. The second-order valence-electron chi connectivity index (χ2n) is 6.63. The van der Waals surface area contributed by atoms with E-state index in [0.717, 1.165) is 41.6 Å². The van der Waals surface area contributed by atoms with Crippen molar-refractivity contribution in [1.82, 2.24) is 19.4 Å². The van der Waals surface area contributed by atoms with Gasteiger partial charge in [-0.05, 0) is 37.8 Å². The van der Waals surface area contributed by atoms with E-state index in [4.69, 9.17) is 9.47 Å². The number of nitrogens with zero attached hydrogens (tertiary/aromatic N) is 4. The van der Waals surface area contributed by atoms with Crippen molar-refractivity contribution in [2.24, 2.45) is 0 Å². The molecule has 2 heterocycles. The predicted molar refractivity (Wildman–Crippen MR) is 102 cm³/mol. The minimum atomic E-state index is -0.390. The molecule has 4 rings (SSSR count). The summed E-state index contributed by atoms with van der Waals surface area (Å²) in [5.41, 5.74) is 2.58. The Morgan fingerprint density at radius 1 is 1.21 bits per heavy atom. The first-order chi connectivity index (χ1) is 13.6. The Labute approximate surface area is 160 Å². The average Bonchev–Trinajstić information content (AvgIpc) is 3.09. The maximum atomic E-state index is 12.9. The van der Waals surface area contributed by atoms with Crippen LogP contribution in [-0.4, -0.2) is 39.5 Å². The fourth-order valence-corrected chi connectivity index (χ4v) is 3.52. The topological polar surface area (TPSA) is 99.8 Å². The molecule has 0 aliphatic heterocycles. The maximum Gasteiger partial charge on any atom is 0.293 e. The van der Waals surface area contributed by atoms with Gasteiger partial charge in [0.25, 0.3) is 5.56 Å². The van der Waals surface area contributed by atoms with Crippen LogP contribution in [0.3, 0.4) is 0 Å². The Bertz CT molecular complexity index is 1100. The van der Waals surface area contributed by atoms with Gasteiger partial charge in [-0.15, -0.1) is 0 Å². The SMILES string of the molecule is COc1ccc(OC)c(NC(=O)Cn2ncn3nc4c(c3c2=O)CCCC4)c1. The summed E-state index contributed by atoms with van der Waals surface area (Å²) in [6.07, 6.45) is 5.28. The van der Waals surface area contributed by atoms with Crippen LogP contribution in [0.15, 0.2) is 29.3 Å². The van der Waals surface area contributed by atoms with Crippen LogP contribution in [0.2, 0.25) is 0 Å². The molecule has 1 aliphatic rings. The molecule has 28 heavy (non-hydrogen) atoms. The number of aromatic nitrogens is 4. The Kier molecular flexibility index (Phi) is 4.72. The van der Waals surface area contributed by atoms with E-state index in [1.807, 2.05) is 0 Å². The summed E-state index contributed by atoms with van der Waals surface area (Å²) < 4.78 is 13.1. The molecule has 9 nitrogen and oxygen atoms in total. The number of ether oxygens (including phenoxy) is 2. The lowest BCUT2D eigenvalue weighted by atomic mass is 9.97. The first-order valence-electron chi connectivity index (χ1n) is 9.09. The summed E-state index contributed by atoms with van der Waals surface area (Å²) in [4.78, 5) is 25.4. The predicted octanol–water partition coefficient (Wildman–Crippen LogP) is 1.43. The number of hydrogen-bond acceptors (Lipinski definition) is 6. The Balaban J connectivity index is 1.61. The zero-order valence-electron chi connectivity index (χ0n) is 15.8. The van der Waals surface area contributed by atoms with Gasteiger partial charge >= 0.3 is 0 Å². The highest BCUT2D eigenvalue weighted by Crippen LogP contribution is 2.28. The summed E-state index contributed by atoms with van der Waals surface area (Å²) in [5.74, 6) is 0.687. The normalized spacial score (nSPS) is 13.2. The number of carbonyl (C=O) groups excluding carboxylic acids is 1. The molecule has 146 valence electrons. The van der Waals surface area contributed by atoms with Gasteiger partial charge in [0.2, 0.25) is 5.91 Å². The molecule has 9 heteroatoms. The van der Waals surface area contributed by atoms with Gasteiger partial charge in [-0.2, -0.15) is 10.2 Å². The van der Waals surface area contributed by atoms with E-state index in [1.54, 1.807) is 25.3 Å². The number of aryl methyl sites for hydroxylation is 2. The van der Waals surface area contributed by atoms with Crippen LogP contribution in [0, 0.1) is 0 Å². The lowest BCUT2D eigenvalue weighted by Gasteiger charge is -2.12. The average molecular weight is 383 g/mol. The van der Waals surface area contributed by atoms with Crippen molar-refractivity contribution in [2.75, 3.05) is 19.5 Å². The molecule has 1 aliphatic carbocycles. The van der Waals surface area contributed by atoms with Crippen LogP contribution < -0.4 is 20.3 Å². The molecule has 1 amide bonds. The van der Waals surface area contributed by atoms with Crippen molar-refractivity contribution in [3.63, 3.8) is 0 Å². The van der Waals surface area contributed by atoms with Crippen LogP contribution in [0.25, 0.3) is 5.52 Å². The summed E-state index contributed by atoms with van der Waals surface area (Å²) in [6.45, 7) is -0.213. The number of carbonyl (C=O) groups is 1. The molecular weight excluding hydrogens is 362 g/mol. The highest BCUT2D eigenvalue weighted by molar-refractivity contribution is 5.92. The number of fused-ring (bicyclic) bond motifs is 3. The number of methoxy groups -OCH3 is 2. The summed E-state index contributed by atoms with van der Waals surface area (Å²) in [5, 5.41) is 11.3. The van der Waals surface area contributed by atoms with Gasteiger partial charge in [0.15, 0.2) is 0 Å². The Morgan fingerprint density at radius 3 is 2.82 bits per heavy atom. The summed E-state index contributed by atoms with van der Waals surface area (Å²) in [6, 6.07) is 5.09. The van der Waals surface area contributed by atoms with Gasteiger partial charge in [0.05, 0.1) is 25.6 Å². The van der Waals surface area contributed by atoms with E-state index in [1.165, 1.54) is 18.0 Å². The molecule has 3 aromatic rings. The highest BCUT2D eigenvalue weighted by Gasteiger charge is 2.21. The van der Waals surface area contributed by atoms with Crippen molar-refractivity contribution < 1.29 is 14.3 Å². The molecule has 2 aromatic heterocycles. The summed E-state index contributed by atoms with van der Waals surface area (Å²) in [7, 11) is 3.05. The molecule has 1 aromatic carbocycles. The molecule has 0 spiro atoms. The monoisotopic (exact) mass is 383 g/mol. The van der Waals surface area contributed by atoms with Crippen LogP contribution in [0.1, 0.15) is 24.1 Å². The zero-order chi connectivity index (χ0) is 19.7. The molecule has 0 atom stereocenters. The molecule has 0 fully saturated rings. The third kappa shape index (κ3) is 3.19. The van der Waals surface area contributed by atoms with Crippen molar-refractivity contribution in [3.05, 3.63) is 46.1 Å². The van der Waals surface area contributed by atoms with E-state index in [0.29, 0.717) is 22.7 Å². The molecule has 0 saturated heterocycles. The largest absolute Gasteiger partial charge is 0.497 e. The van der Waals surface area contributed by atoms with Crippen molar-refractivity contribution in [3.8, 4) is 11.5 Å². The van der Waals surface area contributed by atoms with Crippen LogP contribution in [0.5, 0.6) is 11.5 Å². The molecule has 1 N–H and O–H groups in total. The fraction of sp³-hybridized carbons (Fsp3) is 0.368. The lowest BCUT2D eigenvalue weighted by Crippen LogP contribution is -2.31. The van der Waals surface area contributed by atoms with E-state index < -0.39 is 0 Å². The third-order valence-electron chi connectivity index (χ3n) is 4.89. The Morgan fingerprint density at radius 2 is 2.04 bits per heavy atom. The third-order valence-corrected chi connectivity index (χ3v) is 4.89. The molecule has 0 saturated carbocycles.